The van der Waals surface area contributed by atoms with Crippen LogP contribution >= 0.6 is 0 Å². The fraction of sp³-hybridized carbons (Fsp3) is 0.294. The summed E-state index contributed by atoms with van der Waals surface area (Å²) < 4.78 is 11.1. The molecule has 0 bridgehead atoms. The standard InChI is InChI=1S/C17H19NO2/c1-19-15-9-4-10-16(20-2)17(15)13-6-3-8-14-12(13)7-5-11-18-14/h3-4,6,8-10,18H,5,7,11H2,1-2H3. The van der Waals surface area contributed by atoms with Gasteiger partial charge in [0.2, 0.25) is 0 Å². The molecule has 0 radical (unpaired) electrons. The van der Waals surface area contributed by atoms with Gasteiger partial charge in [0.25, 0.3) is 0 Å². The Hall–Kier alpha value is -2.16. The molecule has 0 aromatic heterocycles. The van der Waals surface area contributed by atoms with Crippen LogP contribution in [0.15, 0.2) is 36.4 Å². The summed E-state index contributed by atoms with van der Waals surface area (Å²) in [5, 5.41) is 3.47. The van der Waals surface area contributed by atoms with E-state index in [2.05, 4.69) is 23.5 Å². The number of benzene rings is 2. The van der Waals surface area contributed by atoms with Crippen molar-refractivity contribution in [1.82, 2.24) is 0 Å². The van der Waals surface area contributed by atoms with E-state index in [0.29, 0.717) is 0 Å². The molecule has 0 saturated heterocycles. The molecule has 2 aromatic carbocycles. The summed E-state index contributed by atoms with van der Waals surface area (Å²) in [5.41, 5.74) is 4.81. The highest BCUT2D eigenvalue weighted by Gasteiger charge is 2.19. The lowest BCUT2D eigenvalue weighted by Crippen LogP contribution is -2.12. The molecule has 0 unspecified atom stereocenters. The van der Waals surface area contributed by atoms with Gasteiger partial charge in [-0.15, -0.1) is 0 Å². The van der Waals surface area contributed by atoms with Crippen LogP contribution in [0.4, 0.5) is 5.69 Å². The van der Waals surface area contributed by atoms with Crippen molar-refractivity contribution in [3.63, 3.8) is 0 Å². The van der Waals surface area contributed by atoms with Crippen molar-refractivity contribution < 1.29 is 9.47 Å². The van der Waals surface area contributed by atoms with E-state index in [0.717, 1.165) is 36.4 Å². The Balaban J connectivity index is 2.23. The average Bonchev–Trinajstić information content (AvgIpc) is 2.53. The van der Waals surface area contributed by atoms with Crippen LogP contribution < -0.4 is 14.8 Å². The molecule has 1 aliphatic heterocycles. The Morgan fingerprint density at radius 1 is 0.950 bits per heavy atom. The summed E-state index contributed by atoms with van der Waals surface area (Å²) in [5.74, 6) is 1.70. The van der Waals surface area contributed by atoms with Gasteiger partial charge in [-0.05, 0) is 42.2 Å². The first-order valence-corrected chi connectivity index (χ1v) is 6.92. The molecule has 0 saturated carbocycles. The van der Waals surface area contributed by atoms with Crippen LogP contribution in [0.1, 0.15) is 12.0 Å². The van der Waals surface area contributed by atoms with E-state index in [-0.39, 0.29) is 0 Å². The number of nitrogens with one attached hydrogen (secondary N) is 1. The SMILES string of the molecule is COc1cccc(OC)c1-c1cccc2c1CCCN2. The van der Waals surface area contributed by atoms with Crippen LogP contribution in [0.25, 0.3) is 11.1 Å². The third-order valence-corrected chi connectivity index (χ3v) is 3.79. The third-order valence-electron chi connectivity index (χ3n) is 3.79. The van der Waals surface area contributed by atoms with E-state index in [1.807, 2.05) is 18.2 Å². The first-order valence-electron chi connectivity index (χ1n) is 6.92. The van der Waals surface area contributed by atoms with Gasteiger partial charge < -0.3 is 14.8 Å². The zero-order valence-corrected chi connectivity index (χ0v) is 11.9. The summed E-state index contributed by atoms with van der Waals surface area (Å²) in [4.78, 5) is 0. The number of ether oxygens (including phenoxy) is 2. The Labute approximate surface area is 119 Å². The van der Waals surface area contributed by atoms with Crippen molar-refractivity contribution in [2.24, 2.45) is 0 Å². The molecule has 20 heavy (non-hydrogen) atoms. The minimum Gasteiger partial charge on any atom is -0.496 e. The Morgan fingerprint density at radius 3 is 2.35 bits per heavy atom. The van der Waals surface area contributed by atoms with Gasteiger partial charge in [0.1, 0.15) is 11.5 Å². The van der Waals surface area contributed by atoms with Gasteiger partial charge in [-0.25, -0.2) is 0 Å². The monoisotopic (exact) mass is 269 g/mol. The third kappa shape index (κ3) is 2.09. The predicted molar refractivity (Wildman–Crippen MR) is 81.8 cm³/mol. The molecule has 2 aromatic rings. The molecule has 3 rings (SSSR count). The molecule has 1 N–H and O–H groups in total. The van der Waals surface area contributed by atoms with E-state index >= 15 is 0 Å². The van der Waals surface area contributed by atoms with Gasteiger partial charge in [-0.1, -0.05) is 18.2 Å². The van der Waals surface area contributed by atoms with Crippen molar-refractivity contribution in [2.45, 2.75) is 12.8 Å². The highest BCUT2D eigenvalue weighted by Crippen LogP contribution is 2.42. The van der Waals surface area contributed by atoms with Crippen LogP contribution in [-0.4, -0.2) is 20.8 Å². The van der Waals surface area contributed by atoms with E-state index in [4.69, 9.17) is 9.47 Å². The molecule has 3 nitrogen and oxygen atoms in total. The van der Waals surface area contributed by atoms with Gasteiger partial charge in [-0.3, -0.25) is 0 Å². The highest BCUT2D eigenvalue weighted by atomic mass is 16.5. The van der Waals surface area contributed by atoms with Crippen LogP contribution in [0.2, 0.25) is 0 Å². The summed E-state index contributed by atoms with van der Waals surface area (Å²) in [7, 11) is 3.40. The summed E-state index contributed by atoms with van der Waals surface area (Å²) in [6.45, 7) is 1.04. The Kier molecular flexibility index (Phi) is 3.50. The lowest BCUT2D eigenvalue weighted by Gasteiger charge is -2.23. The number of hydrogen-bond acceptors (Lipinski definition) is 3. The minimum absolute atomic E-state index is 0.850. The van der Waals surface area contributed by atoms with Crippen LogP contribution in [0.3, 0.4) is 0 Å². The maximum Gasteiger partial charge on any atom is 0.130 e. The maximum atomic E-state index is 5.53. The van der Waals surface area contributed by atoms with Crippen molar-refractivity contribution in [3.8, 4) is 22.6 Å². The second kappa shape index (κ2) is 5.45. The number of hydrogen-bond donors (Lipinski definition) is 1. The summed E-state index contributed by atoms with van der Waals surface area (Å²) in [6.07, 6.45) is 2.24. The topological polar surface area (TPSA) is 30.5 Å². The van der Waals surface area contributed by atoms with E-state index in [1.165, 1.54) is 16.8 Å². The number of fused-ring (bicyclic) bond motifs is 1. The number of methoxy groups -OCH3 is 2. The van der Waals surface area contributed by atoms with Crippen LogP contribution in [0, 0.1) is 0 Å². The molecular weight excluding hydrogens is 250 g/mol. The largest absolute Gasteiger partial charge is 0.496 e. The van der Waals surface area contributed by atoms with Crippen LogP contribution in [-0.2, 0) is 6.42 Å². The fourth-order valence-corrected chi connectivity index (χ4v) is 2.86. The molecule has 3 heteroatoms. The lowest BCUT2D eigenvalue weighted by atomic mass is 9.92. The van der Waals surface area contributed by atoms with Gasteiger partial charge in [0.15, 0.2) is 0 Å². The van der Waals surface area contributed by atoms with Crippen molar-refractivity contribution in [2.75, 3.05) is 26.1 Å². The van der Waals surface area contributed by atoms with Gasteiger partial charge >= 0.3 is 0 Å². The zero-order chi connectivity index (χ0) is 13.9. The molecular formula is C17H19NO2. The molecule has 0 spiro atoms. The molecule has 0 amide bonds. The van der Waals surface area contributed by atoms with Gasteiger partial charge in [0, 0.05) is 12.2 Å². The second-order valence-corrected chi connectivity index (χ2v) is 4.90. The normalized spacial score (nSPS) is 13.3. The highest BCUT2D eigenvalue weighted by molar-refractivity contribution is 5.83. The maximum absolute atomic E-state index is 5.53. The summed E-state index contributed by atoms with van der Waals surface area (Å²) >= 11 is 0. The second-order valence-electron chi connectivity index (χ2n) is 4.90. The zero-order valence-electron chi connectivity index (χ0n) is 11.9. The first-order chi connectivity index (χ1) is 9.85. The van der Waals surface area contributed by atoms with Gasteiger partial charge in [0.05, 0.1) is 19.8 Å². The number of anilines is 1. The first kappa shape index (κ1) is 12.9. The Morgan fingerprint density at radius 2 is 1.65 bits per heavy atom. The molecule has 0 aliphatic carbocycles. The molecule has 1 aliphatic rings. The molecule has 0 atom stereocenters. The Bertz CT molecular complexity index is 600. The molecule has 1 heterocycles. The van der Waals surface area contributed by atoms with Crippen molar-refractivity contribution in [1.29, 1.82) is 0 Å². The predicted octanol–water partition coefficient (Wildman–Crippen LogP) is 3.73. The van der Waals surface area contributed by atoms with Crippen LogP contribution in [0.5, 0.6) is 11.5 Å². The quantitative estimate of drug-likeness (QED) is 0.921. The van der Waals surface area contributed by atoms with E-state index in [1.54, 1.807) is 14.2 Å². The van der Waals surface area contributed by atoms with Gasteiger partial charge in [-0.2, -0.15) is 0 Å². The molecule has 0 fully saturated rings. The smallest absolute Gasteiger partial charge is 0.130 e. The molecule has 104 valence electrons. The number of rotatable bonds is 3. The average molecular weight is 269 g/mol. The minimum atomic E-state index is 0.850. The fourth-order valence-electron chi connectivity index (χ4n) is 2.86. The van der Waals surface area contributed by atoms with E-state index in [9.17, 15) is 0 Å². The van der Waals surface area contributed by atoms with Crippen molar-refractivity contribution in [3.05, 3.63) is 42.0 Å². The summed E-state index contributed by atoms with van der Waals surface area (Å²) in [6, 6.07) is 12.3. The van der Waals surface area contributed by atoms with E-state index < -0.39 is 0 Å². The van der Waals surface area contributed by atoms with Crippen molar-refractivity contribution >= 4 is 5.69 Å². The lowest BCUT2D eigenvalue weighted by molar-refractivity contribution is 0.397.